The monoisotopic (exact) mass is 304 g/mol. The Morgan fingerprint density at radius 2 is 2.15 bits per heavy atom. The number of carbonyl (C=O) groups excluding carboxylic acids is 1. The molecule has 0 saturated heterocycles. The van der Waals surface area contributed by atoms with Gasteiger partial charge < -0.3 is 5.32 Å². The van der Waals surface area contributed by atoms with E-state index in [4.69, 9.17) is 11.6 Å². The van der Waals surface area contributed by atoms with Gasteiger partial charge in [0, 0.05) is 18.3 Å². The van der Waals surface area contributed by atoms with E-state index in [0.29, 0.717) is 17.7 Å². The minimum absolute atomic E-state index is 0.152. The van der Waals surface area contributed by atoms with E-state index >= 15 is 0 Å². The third kappa shape index (κ3) is 3.08. The number of hydrogen-bond acceptors (Lipinski definition) is 3. The van der Waals surface area contributed by atoms with Gasteiger partial charge in [0.15, 0.2) is 5.15 Å². The second-order valence-corrected chi connectivity index (χ2v) is 4.15. The third-order valence-corrected chi connectivity index (χ3v) is 2.74. The number of halogens is 4. The normalized spacial score (nSPS) is 11.4. The SMILES string of the molecule is O=CNCc1cn(-c2ccc(C(F)(F)F)nc2)nc1Cl. The van der Waals surface area contributed by atoms with Crippen molar-refractivity contribution in [3.63, 3.8) is 0 Å². The van der Waals surface area contributed by atoms with Gasteiger partial charge in [-0.05, 0) is 12.1 Å². The van der Waals surface area contributed by atoms with Crippen LogP contribution in [0.25, 0.3) is 5.69 Å². The number of nitrogens with one attached hydrogen (secondary N) is 1. The molecule has 0 aliphatic heterocycles. The first-order chi connectivity index (χ1) is 9.41. The van der Waals surface area contributed by atoms with Crippen LogP contribution in [0.4, 0.5) is 13.2 Å². The molecule has 0 spiro atoms. The van der Waals surface area contributed by atoms with E-state index in [1.165, 1.54) is 16.9 Å². The fraction of sp³-hybridized carbons (Fsp3) is 0.182. The van der Waals surface area contributed by atoms with Crippen LogP contribution in [0.5, 0.6) is 0 Å². The first-order valence-electron chi connectivity index (χ1n) is 5.36. The van der Waals surface area contributed by atoms with Gasteiger partial charge in [0.1, 0.15) is 5.69 Å². The lowest BCUT2D eigenvalue weighted by molar-refractivity contribution is -0.141. The first-order valence-corrected chi connectivity index (χ1v) is 5.74. The molecule has 0 aliphatic carbocycles. The molecular formula is C11H8ClF3N4O. The average Bonchev–Trinajstić information content (AvgIpc) is 2.77. The molecule has 2 aromatic heterocycles. The summed E-state index contributed by atoms with van der Waals surface area (Å²) in [6, 6.07) is 2.09. The molecule has 0 bridgehead atoms. The number of carbonyl (C=O) groups is 1. The molecule has 1 amide bonds. The largest absolute Gasteiger partial charge is 0.433 e. The Labute approximate surface area is 116 Å². The van der Waals surface area contributed by atoms with E-state index in [2.05, 4.69) is 15.4 Å². The molecular weight excluding hydrogens is 297 g/mol. The predicted octanol–water partition coefficient (Wildman–Crippen LogP) is 2.19. The second-order valence-electron chi connectivity index (χ2n) is 3.79. The number of pyridine rings is 1. The topological polar surface area (TPSA) is 59.8 Å². The fourth-order valence-electron chi connectivity index (χ4n) is 1.48. The Hall–Kier alpha value is -2.09. The van der Waals surface area contributed by atoms with Crippen molar-refractivity contribution in [1.29, 1.82) is 0 Å². The summed E-state index contributed by atoms with van der Waals surface area (Å²) >= 11 is 5.85. The van der Waals surface area contributed by atoms with Crippen LogP contribution in [0.2, 0.25) is 5.15 Å². The summed E-state index contributed by atoms with van der Waals surface area (Å²) in [5, 5.41) is 6.50. The third-order valence-electron chi connectivity index (χ3n) is 2.42. The van der Waals surface area contributed by atoms with E-state index in [0.717, 1.165) is 12.3 Å². The van der Waals surface area contributed by atoms with Crippen molar-refractivity contribution < 1.29 is 18.0 Å². The molecule has 2 aromatic rings. The van der Waals surface area contributed by atoms with Crippen LogP contribution in [-0.2, 0) is 17.5 Å². The van der Waals surface area contributed by atoms with Gasteiger partial charge in [0.05, 0.1) is 11.9 Å². The number of amides is 1. The van der Waals surface area contributed by atoms with Crippen molar-refractivity contribution in [3.8, 4) is 5.69 Å². The van der Waals surface area contributed by atoms with Crippen LogP contribution in [0, 0.1) is 0 Å². The Kier molecular flexibility index (Phi) is 3.93. The van der Waals surface area contributed by atoms with Crippen molar-refractivity contribution in [2.45, 2.75) is 12.7 Å². The van der Waals surface area contributed by atoms with Gasteiger partial charge in [-0.2, -0.15) is 18.3 Å². The molecule has 1 N–H and O–H groups in total. The number of alkyl halides is 3. The Morgan fingerprint density at radius 1 is 1.40 bits per heavy atom. The molecule has 0 aromatic carbocycles. The molecule has 0 saturated carbocycles. The number of hydrogen-bond donors (Lipinski definition) is 1. The minimum atomic E-state index is -4.49. The second kappa shape index (κ2) is 5.49. The van der Waals surface area contributed by atoms with Gasteiger partial charge in [-0.25, -0.2) is 9.67 Å². The zero-order valence-corrected chi connectivity index (χ0v) is 10.6. The molecule has 106 valence electrons. The van der Waals surface area contributed by atoms with Crippen molar-refractivity contribution in [2.75, 3.05) is 0 Å². The maximum absolute atomic E-state index is 12.4. The van der Waals surface area contributed by atoms with E-state index < -0.39 is 11.9 Å². The lowest BCUT2D eigenvalue weighted by Crippen LogP contribution is -2.09. The lowest BCUT2D eigenvalue weighted by Gasteiger charge is -2.06. The molecule has 0 unspecified atom stereocenters. The lowest BCUT2D eigenvalue weighted by atomic mass is 10.3. The molecule has 9 heteroatoms. The molecule has 2 heterocycles. The molecule has 5 nitrogen and oxygen atoms in total. The van der Waals surface area contributed by atoms with Crippen LogP contribution < -0.4 is 5.32 Å². The standard InChI is InChI=1S/C11H8ClF3N4O/c12-10-7(3-16-6-20)5-19(18-10)8-1-2-9(17-4-8)11(13,14)15/h1-2,4-6H,3H2,(H,16,20). The van der Waals surface area contributed by atoms with E-state index in [1.54, 1.807) is 0 Å². The van der Waals surface area contributed by atoms with Crippen molar-refractivity contribution in [2.24, 2.45) is 0 Å². The number of aromatic nitrogens is 3. The van der Waals surface area contributed by atoms with Gasteiger partial charge in [-0.15, -0.1) is 0 Å². The highest BCUT2D eigenvalue weighted by molar-refractivity contribution is 6.30. The van der Waals surface area contributed by atoms with Crippen LogP contribution in [0.1, 0.15) is 11.3 Å². The number of nitrogens with zero attached hydrogens (tertiary/aromatic N) is 3. The van der Waals surface area contributed by atoms with E-state index in [-0.39, 0.29) is 11.7 Å². The summed E-state index contributed by atoms with van der Waals surface area (Å²) in [6.45, 7) is 0.177. The molecule has 0 atom stereocenters. The smallest absolute Gasteiger partial charge is 0.354 e. The van der Waals surface area contributed by atoms with Gasteiger partial charge in [-0.3, -0.25) is 4.79 Å². The van der Waals surface area contributed by atoms with Crippen molar-refractivity contribution in [1.82, 2.24) is 20.1 Å². The molecule has 0 fully saturated rings. The van der Waals surface area contributed by atoms with Crippen LogP contribution >= 0.6 is 11.6 Å². The number of rotatable bonds is 4. The summed E-state index contributed by atoms with van der Waals surface area (Å²) < 4.78 is 38.4. The predicted molar refractivity (Wildman–Crippen MR) is 64.3 cm³/mol. The fourth-order valence-corrected chi connectivity index (χ4v) is 1.68. The van der Waals surface area contributed by atoms with Crippen LogP contribution in [0.15, 0.2) is 24.5 Å². The van der Waals surface area contributed by atoms with Gasteiger partial charge in [-0.1, -0.05) is 11.6 Å². The molecule has 2 rings (SSSR count). The highest BCUT2D eigenvalue weighted by Crippen LogP contribution is 2.27. The quantitative estimate of drug-likeness (QED) is 0.881. The zero-order valence-electron chi connectivity index (χ0n) is 9.86. The summed E-state index contributed by atoms with van der Waals surface area (Å²) in [4.78, 5) is 13.5. The van der Waals surface area contributed by atoms with Gasteiger partial charge >= 0.3 is 6.18 Å². The summed E-state index contributed by atoms with van der Waals surface area (Å²) in [5.74, 6) is 0. The summed E-state index contributed by atoms with van der Waals surface area (Å²) in [7, 11) is 0. The van der Waals surface area contributed by atoms with E-state index in [1.807, 2.05) is 0 Å². The maximum atomic E-state index is 12.4. The van der Waals surface area contributed by atoms with Crippen molar-refractivity contribution in [3.05, 3.63) is 40.9 Å². The van der Waals surface area contributed by atoms with Crippen LogP contribution in [-0.4, -0.2) is 21.2 Å². The molecule has 0 radical (unpaired) electrons. The summed E-state index contributed by atoms with van der Waals surface area (Å²) in [6.07, 6.45) is -1.43. The molecule has 0 aliphatic rings. The Bertz CT molecular complexity index is 609. The Balaban J connectivity index is 2.26. The highest BCUT2D eigenvalue weighted by atomic mass is 35.5. The minimum Gasteiger partial charge on any atom is -0.354 e. The Morgan fingerprint density at radius 3 is 2.70 bits per heavy atom. The maximum Gasteiger partial charge on any atom is 0.433 e. The highest BCUT2D eigenvalue weighted by Gasteiger charge is 2.32. The van der Waals surface area contributed by atoms with Gasteiger partial charge in [0.2, 0.25) is 6.41 Å². The zero-order chi connectivity index (χ0) is 14.8. The summed E-state index contributed by atoms with van der Waals surface area (Å²) in [5.41, 5.74) is -0.113. The molecule has 20 heavy (non-hydrogen) atoms. The van der Waals surface area contributed by atoms with Gasteiger partial charge in [0.25, 0.3) is 0 Å². The van der Waals surface area contributed by atoms with Crippen LogP contribution in [0.3, 0.4) is 0 Å². The average molecular weight is 305 g/mol. The first kappa shape index (κ1) is 14.3. The van der Waals surface area contributed by atoms with E-state index in [9.17, 15) is 18.0 Å². The van der Waals surface area contributed by atoms with Crippen molar-refractivity contribution >= 4 is 18.0 Å².